The standard InChI is InChI=1S/C12H13N5.C11H9N5.Pt/c1-16-11-4-2-3-7-17(11)12(15-16)10-6-5-9(13)8-14-10;12-8-4-5-9(13-7-8)11-15-14-10-3-1-2-6-16(10)11;/h2-8,11H,13H2,1H3;1-7H,12H2;. The van der Waals surface area contributed by atoms with Gasteiger partial charge in [-0.25, -0.2) is 0 Å². The molecule has 1 unspecified atom stereocenters. The summed E-state index contributed by atoms with van der Waals surface area (Å²) in [6.45, 7) is 0. The van der Waals surface area contributed by atoms with Crippen molar-refractivity contribution in [3.63, 3.8) is 0 Å². The second-order valence-corrected chi connectivity index (χ2v) is 7.45. The molecule has 10 nitrogen and oxygen atoms in total. The van der Waals surface area contributed by atoms with Crippen LogP contribution in [-0.4, -0.2) is 53.5 Å². The second-order valence-electron chi connectivity index (χ2n) is 7.45. The Morgan fingerprint density at radius 1 is 0.853 bits per heavy atom. The van der Waals surface area contributed by atoms with E-state index in [2.05, 4.69) is 36.2 Å². The Bertz CT molecular complexity index is 1360. The van der Waals surface area contributed by atoms with Gasteiger partial charge in [0.1, 0.15) is 17.6 Å². The Hall–Kier alpha value is -4.04. The van der Waals surface area contributed by atoms with E-state index in [4.69, 9.17) is 11.5 Å². The van der Waals surface area contributed by atoms with Crippen molar-refractivity contribution in [2.75, 3.05) is 18.5 Å². The quantitative estimate of drug-likeness (QED) is 0.345. The minimum atomic E-state index is 0. The zero-order valence-corrected chi connectivity index (χ0v) is 20.5. The molecule has 0 aromatic carbocycles. The molecule has 4 N–H and O–H groups in total. The maximum Gasteiger partial charge on any atom is 0.186 e. The summed E-state index contributed by atoms with van der Waals surface area (Å²) in [5.74, 6) is 1.56. The van der Waals surface area contributed by atoms with Crippen LogP contribution in [0, 0.1) is 0 Å². The third-order valence-electron chi connectivity index (χ3n) is 5.15. The summed E-state index contributed by atoms with van der Waals surface area (Å²) in [7, 11) is 1.95. The zero-order chi connectivity index (χ0) is 22.8. The van der Waals surface area contributed by atoms with E-state index in [1.807, 2.05) is 77.4 Å². The monoisotopic (exact) mass is 633 g/mol. The van der Waals surface area contributed by atoms with Crippen LogP contribution < -0.4 is 11.5 Å². The summed E-state index contributed by atoms with van der Waals surface area (Å²) in [6, 6.07) is 13.1. The molecule has 4 aromatic rings. The number of hydrogen-bond donors (Lipinski definition) is 2. The van der Waals surface area contributed by atoms with Crippen LogP contribution in [0.2, 0.25) is 0 Å². The van der Waals surface area contributed by atoms with Gasteiger partial charge in [0, 0.05) is 40.5 Å². The molecule has 0 spiro atoms. The van der Waals surface area contributed by atoms with Crippen LogP contribution in [0.3, 0.4) is 0 Å². The Morgan fingerprint density at radius 2 is 1.59 bits per heavy atom. The summed E-state index contributed by atoms with van der Waals surface area (Å²) < 4.78 is 1.89. The van der Waals surface area contributed by atoms with E-state index in [9.17, 15) is 0 Å². The molecule has 0 saturated heterocycles. The van der Waals surface area contributed by atoms with E-state index in [1.54, 1.807) is 18.5 Å². The van der Waals surface area contributed by atoms with Crippen LogP contribution in [0.15, 0.2) is 90.6 Å². The number of nitrogen functional groups attached to an aromatic ring is 2. The Kier molecular flexibility index (Phi) is 6.69. The van der Waals surface area contributed by atoms with Gasteiger partial charge >= 0.3 is 0 Å². The molecule has 0 aliphatic carbocycles. The fourth-order valence-corrected chi connectivity index (χ4v) is 3.52. The molecule has 2 aliphatic heterocycles. The summed E-state index contributed by atoms with van der Waals surface area (Å²) in [6.07, 6.45) is 13.4. The normalized spacial score (nSPS) is 15.9. The van der Waals surface area contributed by atoms with Crippen LogP contribution in [0.25, 0.3) is 17.2 Å². The van der Waals surface area contributed by atoms with E-state index < -0.39 is 0 Å². The van der Waals surface area contributed by atoms with Crippen molar-refractivity contribution in [1.29, 1.82) is 0 Å². The molecule has 0 bridgehead atoms. The molecule has 11 heteroatoms. The zero-order valence-electron chi connectivity index (χ0n) is 18.2. The predicted molar refractivity (Wildman–Crippen MR) is 127 cm³/mol. The van der Waals surface area contributed by atoms with E-state index >= 15 is 0 Å². The molecule has 6 rings (SSSR count). The van der Waals surface area contributed by atoms with Gasteiger partial charge in [-0.3, -0.25) is 19.4 Å². The van der Waals surface area contributed by atoms with Gasteiger partial charge < -0.3 is 16.4 Å². The van der Waals surface area contributed by atoms with Crippen LogP contribution in [0.5, 0.6) is 0 Å². The van der Waals surface area contributed by atoms with Crippen molar-refractivity contribution >= 4 is 22.9 Å². The third kappa shape index (κ3) is 4.53. The molecule has 0 amide bonds. The van der Waals surface area contributed by atoms with E-state index in [-0.39, 0.29) is 27.2 Å². The van der Waals surface area contributed by atoms with Crippen molar-refractivity contribution in [1.82, 2.24) is 34.5 Å². The summed E-state index contributed by atoms with van der Waals surface area (Å²) >= 11 is 0. The van der Waals surface area contributed by atoms with Gasteiger partial charge in [-0.1, -0.05) is 12.1 Å². The molecule has 174 valence electrons. The first-order valence-electron chi connectivity index (χ1n) is 10.3. The van der Waals surface area contributed by atoms with E-state index in [0.717, 1.165) is 28.7 Å². The second kappa shape index (κ2) is 9.84. The van der Waals surface area contributed by atoms with Crippen molar-refractivity contribution in [3.05, 3.63) is 91.2 Å². The first-order chi connectivity index (χ1) is 16.1. The molecule has 34 heavy (non-hydrogen) atoms. The van der Waals surface area contributed by atoms with E-state index in [1.165, 1.54) is 0 Å². The predicted octanol–water partition coefficient (Wildman–Crippen LogP) is 2.35. The molecular weight excluding hydrogens is 611 g/mol. The molecule has 2 aliphatic rings. The van der Waals surface area contributed by atoms with Crippen LogP contribution >= 0.6 is 0 Å². The smallest absolute Gasteiger partial charge is 0.186 e. The first-order valence-corrected chi connectivity index (χ1v) is 10.3. The van der Waals surface area contributed by atoms with Crippen LogP contribution in [0.4, 0.5) is 11.4 Å². The number of anilines is 2. The summed E-state index contributed by atoms with van der Waals surface area (Å²) in [4.78, 5) is 10.6. The molecule has 0 fully saturated rings. The van der Waals surface area contributed by atoms with E-state index in [0.29, 0.717) is 11.4 Å². The first kappa shape index (κ1) is 23.1. The summed E-state index contributed by atoms with van der Waals surface area (Å²) in [5, 5.41) is 14.6. The van der Waals surface area contributed by atoms with Gasteiger partial charge in [-0.05, 0) is 48.6 Å². The van der Waals surface area contributed by atoms with Crippen molar-refractivity contribution < 1.29 is 21.1 Å². The van der Waals surface area contributed by atoms with Gasteiger partial charge in [-0.15, -0.1) is 10.2 Å². The average molecular weight is 634 g/mol. The average Bonchev–Trinajstić information content (AvgIpc) is 3.42. The van der Waals surface area contributed by atoms with Gasteiger partial charge in [0.25, 0.3) is 0 Å². The number of allylic oxidation sites excluding steroid dienone is 2. The molecule has 1 atom stereocenters. The number of pyridine rings is 3. The van der Waals surface area contributed by atoms with Crippen molar-refractivity contribution in [2.24, 2.45) is 5.10 Å². The Morgan fingerprint density at radius 3 is 2.29 bits per heavy atom. The molecule has 0 saturated carbocycles. The largest absolute Gasteiger partial charge is 0.397 e. The number of rotatable bonds is 2. The van der Waals surface area contributed by atoms with Gasteiger partial charge in [0.05, 0.1) is 23.8 Å². The number of likely N-dealkylation sites (N-methyl/N-ethyl adjacent to an activating group) is 1. The fraction of sp³-hybridized carbons (Fsp3) is 0.0870. The van der Waals surface area contributed by atoms with Gasteiger partial charge in [-0.2, -0.15) is 5.10 Å². The number of amidine groups is 1. The Labute approximate surface area is 210 Å². The third-order valence-corrected chi connectivity index (χ3v) is 5.15. The van der Waals surface area contributed by atoms with Crippen molar-refractivity contribution in [3.8, 4) is 11.5 Å². The number of aromatic nitrogens is 5. The number of hydrazone groups is 1. The number of fused-ring (bicyclic) bond motifs is 2. The maximum atomic E-state index is 5.63. The van der Waals surface area contributed by atoms with Crippen LogP contribution in [-0.2, 0) is 21.1 Å². The Balaban J connectivity index is 0.000000157. The molecular formula is C23H22N10Pt. The van der Waals surface area contributed by atoms with Crippen molar-refractivity contribution in [2.45, 2.75) is 6.17 Å². The summed E-state index contributed by atoms with van der Waals surface area (Å²) in [5.41, 5.74) is 14.9. The minimum absolute atomic E-state index is 0. The fourth-order valence-electron chi connectivity index (χ4n) is 3.52. The number of nitrogens with zero attached hydrogens (tertiary/aromatic N) is 8. The SMILES string of the molecule is CN1N=C(c2ccc(N)cn2)N2C=CC=CC12.Nc1ccc(-c2nnc3ccccn23)nc1.[Pt]. The topological polar surface area (TPSA) is 127 Å². The van der Waals surface area contributed by atoms with Gasteiger partial charge in [0.15, 0.2) is 17.3 Å². The van der Waals surface area contributed by atoms with Crippen LogP contribution in [0.1, 0.15) is 5.69 Å². The molecule has 4 aromatic heterocycles. The molecule has 6 heterocycles. The minimum Gasteiger partial charge on any atom is -0.397 e. The molecule has 0 radical (unpaired) electrons. The number of hydrogen-bond acceptors (Lipinski definition) is 9. The van der Waals surface area contributed by atoms with Gasteiger partial charge in [0.2, 0.25) is 0 Å². The maximum absolute atomic E-state index is 5.63. The number of nitrogens with two attached hydrogens (primary N) is 2.